The largest absolute Gasteiger partial charge is 0.422 e. The molecule has 0 aliphatic carbocycles. The van der Waals surface area contributed by atoms with Crippen molar-refractivity contribution in [2.75, 3.05) is 15.1 Å². The van der Waals surface area contributed by atoms with E-state index in [9.17, 15) is 55.1 Å². The van der Waals surface area contributed by atoms with Gasteiger partial charge in [0.1, 0.15) is 11.5 Å². The number of esters is 2. The number of rotatable bonds is 8. The molecule has 0 saturated heterocycles. The Balaban J connectivity index is 0.000000156. The summed E-state index contributed by atoms with van der Waals surface area (Å²) in [6.45, 7) is 0. The summed E-state index contributed by atoms with van der Waals surface area (Å²) in [6.07, 6.45) is -9.47. The molecule has 4 amide bonds. The number of carbonyl (C=O) groups is 6. The smallest absolute Gasteiger partial charge is 0.416 e. The number of ether oxygens (including phenoxy) is 2. The molecule has 11 nitrogen and oxygen atoms in total. The third kappa shape index (κ3) is 9.15. The Kier molecular flexibility index (Phi) is 12.7. The summed E-state index contributed by atoms with van der Waals surface area (Å²) < 4.78 is 91.9. The molecule has 0 aromatic heterocycles. The number of carbonyl (C=O) groups excluding carboxylic acids is 6. The maximum atomic E-state index is 13.9. The monoisotopic (exact) mass is 1210 g/mol. The lowest BCUT2D eigenvalue weighted by molar-refractivity contribution is -0.138. The molecule has 0 saturated carbocycles. The lowest BCUT2D eigenvalue weighted by atomic mass is 9.85. The highest BCUT2D eigenvalue weighted by atomic mass is 19.4. The number of benzene rings is 14. The van der Waals surface area contributed by atoms with Gasteiger partial charge in [0.25, 0.3) is 23.6 Å². The van der Waals surface area contributed by atoms with Gasteiger partial charge in [-0.05, 0) is 152 Å². The van der Waals surface area contributed by atoms with Crippen LogP contribution in [0.1, 0.15) is 73.3 Å². The molecular formula is C74H39F6N3O8. The van der Waals surface area contributed by atoms with Crippen molar-refractivity contribution in [2.45, 2.75) is 12.4 Å². The summed E-state index contributed by atoms with van der Waals surface area (Å²) in [5.74, 6) is -3.94. The lowest BCUT2D eigenvalue weighted by Crippen LogP contribution is -2.43. The van der Waals surface area contributed by atoms with Crippen LogP contribution in [-0.2, 0) is 12.4 Å². The van der Waals surface area contributed by atoms with Gasteiger partial charge in [0, 0.05) is 54.6 Å². The first-order valence-corrected chi connectivity index (χ1v) is 28.3. The number of halogens is 6. The zero-order valence-electron chi connectivity index (χ0n) is 46.9. The highest BCUT2D eigenvalue weighted by Gasteiger charge is 2.42. The third-order valence-electron chi connectivity index (χ3n) is 16.7. The number of amides is 4. The molecule has 0 radical (unpaired) electrons. The highest BCUT2D eigenvalue weighted by molar-refractivity contribution is 6.42. The van der Waals surface area contributed by atoms with Crippen molar-refractivity contribution < 1.29 is 64.6 Å². The van der Waals surface area contributed by atoms with Gasteiger partial charge < -0.3 is 14.8 Å². The van der Waals surface area contributed by atoms with Gasteiger partial charge >= 0.3 is 24.3 Å². The van der Waals surface area contributed by atoms with Crippen LogP contribution in [-0.4, -0.2) is 35.6 Å². The average Bonchev–Trinajstić information content (AvgIpc) is 0.736. The van der Waals surface area contributed by atoms with Gasteiger partial charge in [0.2, 0.25) is 0 Å². The number of nitrogens with zero attached hydrogens (tertiary/aromatic N) is 2. The summed E-state index contributed by atoms with van der Waals surface area (Å²) in [7, 11) is 0. The van der Waals surface area contributed by atoms with Gasteiger partial charge in [0.05, 0.1) is 45.0 Å². The molecule has 0 unspecified atom stereocenters. The minimum absolute atomic E-state index is 0.0429. The van der Waals surface area contributed by atoms with Crippen LogP contribution >= 0.6 is 0 Å². The summed E-state index contributed by atoms with van der Waals surface area (Å²) in [5.41, 5.74) is -1.69. The van der Waals surface area contributed by atoms with Crippen LogP contribution in [0.4, 0.5) is 49.1 Å². The molecule has 0 atom stereocenters. The number of anilines is 4. The van der Waals surface area contributed by atoms with Crippen LogP contribution in [0.3, 0.4) is 0 Å². The van der Waals surface area contributed by atoms with Crippen LogP contribution in [0.2, 0.25) is 0 Å². The molecule has 14 aromatic rings. The third-order valence-corrected chi connectivity index (χ3v) is 16.7. The first-order valence-electron chi connectivity index (χ1n) is 28.3. The molecule has 0 fully saturated rings. The van der Waals surface area contributed by atoms with E-state index >= 15 is 0 Å². The van der Waals surface area contributed by atoms with Crippen LogP contribution in [0.25, 0.3) is 75.4 Å². The number of hydrogen-bond donors (Lipinski definition) is 1. The summed E-state index contributed by atoms with van der Waals surface area (Å²) >= 11 is 0. The molecular weight excluding hydrogens is 1170 g/mol. The molecule has 16 rings (SSSR count). The maximum absolute atomic E-state index is 13.9. The molecule has 91 heavy (non-hydrogen) atoms. The molecule has 2 aliphatic rings. The van der Waals surface area contributed by atoms with Crippen molar-refractivity contribution in [2.24, 2.45) is 0 Å². The van der Waals surface area contributed by atoms with E-state index in [1.54, 1.807) is 36.4 Å². The standard InChI is InChI=1S/C46H27NO4.C28H12F6N2O4/c48-45(50-39-25-21-31-17-15-27-7-5-9-29-19-23-35(39)43(31)41(27)29)33-11-1-3-13-37(33)47-38-14-4-2-12-34(38)46(49)51-40-26-22-32-18-16-28-8-6-10-30-20-24-36(40)44(32)42(28)30;29-27(30,31)13-3-1-5-15(11-13)35-23(37)17-7-9-19-22-20(10-8-18(21(17)22)24(35)38)26(40)36(25(19)39)16-6-2-4-14(12-16)28(32,33)34/h1-26,47H;1-12H. The zero-order valence-corrected chi connectivity index (χ0v) is 46.9. The summed E-state index contributed by atoms with van der Waals surface area (Å²) in [5, 5.41) is 16.1. The number of hydrogen-bond acceptors (Lipinski definition) is 9. The van der Waals surface area contributed by atoms with Gasteiger partial charge in [-0.2, -0.15) is 26.3 Å². The zero-order chi connectivity index (χ0) is 62.8. The van der Waals surface area contributed by atoms with Gasteiger partial charge in [-0.3, -0.25) is 19.2 Å². The fourth-order valence-electron chi connectivity index (χ4n) is 12.6. The maximum Gasteiger partial charge on any atom is 0.416 e. The second-order valence-electron chi connectivity index (χ2n) is 21.9. The number of nitrogens with one attached hydrogen (secondary N) is 1. The Morgan fingerprint density at radius 3 is 1.01 bits per heavy atom. The van der Waals surface area contributed by atoms with Crippen molar-refractivity contribution >= 4 is 134 Å². The Bertz CT molecular complexity index is 5050. The second kappa shape index (κ2) is 20.8. The lowest BCUT2D eigenvalue weighted by Gasteiger charge is -2.32. The Labute approximate surface area is 510 Å². The first-order chi connectivity index (χ1) is 43.9. The molecule has 1 N–H and O–H groups in total. The van der Waals surface area contributed by atoms with E-state index in [4.69, 9.17) is 9.47 Å². The SMILES string of the molecule is O=C(Oc1ccc2ccc3cccc4ccc1c2c34)c1ccccc1Nc1ccccc1C(=O)Oc1ccc2ccc3cccc4ccc1c2c34.O=C1c2ccc3c4c(ccc(c24)C(=O)N1c1cccc(C(F)(F)F)c1)C(=O)N(c1cccc(C(F)(F)F)c1)C3=O. The topological polar surface area (TPSA) is 139 Å². The van der Waals surface area contributed by atoms with Crippen LogP contribution < -0.4 is 24.6 Å². The van der Waals surface area contributed by atoms with Crippen LogP contribution in [0, 0.1) is 0 Å². The fraction of sp³-hybridized carbons (Fsp3) is 0.0270. The number of imide groups is 2. The summed E-state index contributed by atoms with van der Waals surface area (Å²) in [6, 6.07) is 63.1. The molecule has 0 spiro atoms. The van der Waals surface area contributed by atoms with Gasteiger partial charge in [-0.15, -0.1) is 0 Å². The highest BCUT2D eigenvalue weighted by Crippen LogP contribution is 2.45. The molecule has 2 heterocycles. The van der Waals surface area contributed by atoms with Crippen molar-refractivity contribution in [3.8, 4) is 11.5 Å². The minimum Gasteiger partial charge on any atom is -0.422 e. The number of alkyl halides is 6. The fourth-order valence-corrected chi connectivity index (χ4v) is 12.6. The quantitative estimate of drug-likeness (QED) is 0.0518. The van der Waals surface area contributed by atoms with Gasteiger partial charge in [-0.25, -0.2) is 19.4 Å². The molecule has 2 aliphatic heterocycles. The van der Waals surface area contributed by atoms with E-state index in [0.717, 1.165) is 88.9 Å². The molecule has 14 aromatic carbocycles. The predicted octanol–water partition coefficient (Wildman–Crippen LogP) is 18.1. The Morgan fingerprint density at radius 2 is 0.648 bits per heavy atom. The minimum atomic E-state index is -4.73. The first kappa shape index (κ1) is 55.6. The molecule has 440 valence electrons. The van der Waals surface area contributed by atoms with E-state index in [2.05, 4.69) is 78.1 Å². The van der Waals surface area contributed by atoms with Crippen molar-refractivity contribution in [1.82, 2.24) is 0 Å². The normalized spacial score (nSPS) is 13.3. The van der Waals surface area contributed by atoms with E-state index in [-0.39, 0.29) is 44.4 Å². The molecule has 17 heteroatoms. The molecule has 0 bridgehead atoms. The number of para-hydroxylation sites is 2. The van der Waals surface area contributed by atoms with Crippen LogP contribution in [0.15, 0.2) is 231 Å². The van der Waals surface area contributed by atoms with Crippen molar-refractivity contribution in [1.29, 1.82) is 0 Å². The van der Waals surface area contributed by atoms with E-state index in [1.807, 2.05) is 48.5 Å². The second-order valence-corrected chi connectivity index (χ2v) is 21.9. The van der Waals surface area contributed by atoms with Gasteiger partial charge in [-0.1, -0.05) is 121 Å². The average molecular weight is 1210 g/mol. The van der Waals surface area contributed by atoms with E-state index in [1.165, 1.54) is 36.4 Å². The Hall–Kier alpha value is -12.0. The van der Waals surface area contributed by atoms with E-state index < -0.39 is 59.0 Å². The predicted molar refractivity (Wildman–Crippen MR) is 335 cm³/mol. The van der Waals surface area contributed by atoms with Crippen molar-refractivity contribution in [3.63, 3.8) is 0 Å². The van der Waals surface area contributed by atoms with Crippen LogP contribution in [0.5, 0.6) is 11.5 Å². The Morgan fingerprint density at radius 1 is 0.330 bits per heavy atom. The van der Waals surface area contributed by atoms with Gasteiger partial charge in [0.15, 0.2) is 0 Å². The summed E-state index contributed by atoms with van der Waals surface area (Å²) in [4.78, 5) is 82.6. The van der Waals surface area contributed by atoms with E-state index in [0.29, 0.717) is 55.9 Å². The van der Waals surface area contributed by atoms with Crippen molar-refractivity contribution in [3.05, 3.63) is 275 Å².